The molecule has 1 aliphatic carbocycles. The Morgan fingerprint density at radius 2 is 2.27 bits per heavy atom. The van der Waals surface area contributed by atoms with Gasteiger partial charge in [-0.2, -0.15) is 0 Å². The number of carbonyl (C=O) groups is 1. The molecule has 0 amide bonds. The Bertz CT molecular complexity index is 854. The van der Waals surface area contributed by atoms with Gasteiger partial charge in [-0.1, -0.05) is 18.2 Å². The molecule has 2 aromatic rings. The summed E-state index contributed by atoms with van der Waals surface area (Å²) >= 11 is 6.12. The molecule has 0 radical (unpaired) electrons. The molecule has 1 aliphatic rings. The Kier molecular flexibility index (Phi) is 5.99. The van der Waals surface area contributed by atoms with E-state index >= 15 is 0 Å². The van der Waals surface area contributed by atoms with Crippen LogP contribution in [0.3, 0.4) is 0 Å². The third-order valence-corrected chi connectivity index (χ3v) is 4.71. The first-order valence-corrected chi connectivity index (χ1v) is 9.23. The van der Waals surface area contributed by atoms with E-state index in [0.717, 1.165) is 23.1 Å². The van der Waals surface area contributed by atoms with E-state index in [1.54, 1.807) is 13.3 Å². The molecule has 5 nitrogen and oxygen atoms in total. The van der Waals surface area contributed by atoms with Crippen molar-refractivity contribution in [3.8, 4) is 5.75 Å². The number of aryl methyl sites for hydroxylation is 1. The number of methoxy groups -OCH3 is 1. The van der Waals surface area contributed by atoms with E-state index < -0.39 is 0 Å². The average Bonchev–Trinajstić information content (AvgIpc) is 2.98. The molecule has 26 heavy (non-hydrogen) atoms. The second-order valence-corrected chi connectivity index (χ2v) is 6.77. The lowest BCUT2D eigenvalue weighted by molar-refractivity contribution is -0.143. The van der Waals surface area contributed by atoms with E-state index in [0.29, 0.717) is 31.7 Å². The van der Waals surface area contributed by atoms with E-state index in [2.05, 4.69) is 27.8 Å². The number of pyridine rings is 1. The normalized spacial score (nSPS) is 16.6. The van der Waals surface area contributed by atoms with Gasteiger partial charge in [0.05, 0.1) is 31.7 Å². The predicted molar refractivity (Wildman–Crippen MR) is 103 cm³/mol. The van der Waals surface area contributed by atoms with Gasteiger partial charge in [0.25, 0.3) is 0 Å². The first-order chi connectivity index (χ1) is 12.6. The van der Waals surface area contributed by atoms with Crippen LogP contribution in [-0.4, -0.2) is 34.6 Å². The van der Waals surface area contributed by atoms with Crippen molar-refractivity contribution in [2.45, 2.75) is 38.1 Å². The van der Waals surface area contributed by atoms with E-state index in [4.69, 9.17) is 21.1 Å². The summed E-state index contributed by atoms with van der Waals surface area (Å²) in [5.41, 5.74) is 3.12. The van der Waals surface area contributed by atoms with Crippen LogP contribution in [0.15, 0.2) is 42.1 Å². The zero-order valence-corrected chi connectivity index (χ0v) is 15.8. The maximum Gasteiger partial charge on any atom is 0.306 e. The third-order valence-electron chi connectivity index (χ3n) is 4.39. The van der Waals surface area contributed by atoms with Crippen LogP contribution in [0, 0.1) is 0 Å². The number of nitrogens with zero attached hydrogens (tertiary/aromatic N) is 2. The van der Waals surface area contributed by atoms with Gasteiger partial charge in [-0.25, -0.2) is 4.98 Å². The van der Waals surface area contributed by atoms with Crippen LogP contribution in [0.1, 0.15) is 25.5 Å². The summed E-state index contributed by atoms with van der Waals surface area (Å²) in [6.45, 7) is 2.91. The lowest BCUT2D eigenvalue weighted by Gasteiger charge is -2.14. The minimum atomic E-state index is -0.184. The van der Waals surface area contributed by atoms with E-state index in [9.17, 15) is 4.79 Å². The summed E-state index contributed by atoms with van der Waals surface area (Å²) in [5.74, 6) is 0.532. The lowest BCUT2D eigenvalue weighted by atomic mass is 10.1. The van der Waals surface area contributed by atoms with Gasteiger partial charge in [-0.3, -0.25) is 4.79 Å². The number of carbonyl (C=O) groups excluding carboxylic acids is 1. The summed E-state index contributed by atoms with van der Waals surface area (Å²) in [7, 11) is 1.63. The highest BCUT2D eigenvalue weighted by molar-refractivity contribution is 6.22. The maximum atomic E-state index is 11.8. The van der Waals surface area contributed by atoms with Crippen molar-refractivity contribution >= 4 is 28.6 Å². The van der Waals surface area contributed by atoms with Gasteiger partial charge in [0.2, 0.25) is 0 Å². The Hall–Kier alpha value is -2.27. The molecule has 2 heterocycles. The molecule has 0 aromatic carbocycles. The number of halogens is 1. The molecule has 0 N–H and O–H groups in total. The predicted octanol–water partition coefficient (Wildman–Crippen LogP) is 4.03. The van der Waals surface area contributed by atoms with Crippen molar-refractivity contribution < 1.29 is 14.3 Å². The molecule has 6 heteroatoms. The molecule has 0 aliphatic heterocycles. The van der Waals surface area contributed by atoms with Crippen LogP contribution < -0.4 is 4.74 Å². The molecule has 3 rings (SSSR count). The highest BCUT2D eigenvalue weighted by atomic mass is 35.5. The summed E-state index contributed by atoms with van der Waals surface area (Å²) in [6.07, 6.45) is 9.72. The largest absolute Gasteiger partial charge is 0.495 e. The van der Waals surface area contributed by atoms with Crippen molar-refractivity contribution in [3.63, 3.8) is 0 Å². The van der Waals surface area contributed by atoms with Crippen molar-refractivity contribution in [1.82, 2.24) is 9.55 Å². The Labute approximate surface area is 158 Å². The maximum absolute atomic E-state index is 11.8. The van der Waals surface area contributed by atoms with Crippen molar-refractivity contribution in [3.05, 3.63) is 47.8 Å². The number of ether oxygens (including phenoxy) is 2. The fraction of sp³-hybridized carbons (Fsp3) is 0.400. The molecule has 1 unspecified atom stereocenters. The minimum Gasteiger partial charge on any atom is -0.495 e. The average molecular weight is 375 g/mol. The van der Waals surface area contributed by atoms with E-state index in [1.807, 2.05) is 19.1 Å². The van der Waals surface area contributed by atoms with Gasteiger partial charge in [0.15, 0.2) is 0 Å². The van der Waals surface area contributed by atoms with Crippen molar-refractivity contribution in [2.75, 3.05) is 13.7 Å². The molecule has 0 saturated carbocycles. The molecule has 138 valence electrons. The fourth-order valence-corrected chi connectivity index (χ4v) is 3.24. The number of fused-ring (bicyclic) bond motifs is 1. The molecule has 0 saturated heterocycles. The van der Waals surface area contributed by atoms with Crippen LogP contribution in [0.25, 0.3) is 11.0 Å². The summed E-state index contributed by atoms with van der Waals surface area (Å²) < 4.78 is 12.5. The minimum absolute atomic E-state index is 0.0610. The summed E-state index contributed by atoms with van der Waals surface area (Å²) in [4.78, 5) is 16.3. The number of aromatic nitrogens is 2. The fourth-order valence-electron chi connectivity index (χ4n) is 3.08. The van der Waals surface area contributed by atoms with Crippen molar-refractivity contribution in [2.24, 2.45) is 0 Å². The quantitative estimate of drug-likeness (QED) is 0.542. The third kappa shape index (κ3) is 4.28. The number of hydrogen-bond donors (Lipinski definition) is 0. The molecule has 0 fully saturated rings. The number of esters is 1. The van der Waals surface area contributed by atoms with Crippen LogP contribution >= 0.6 is 11.6 Å². The highest BCUT2D eigenvalue weighted by Gasteiger charge is 2.15. The summed E-state index contributed by atoms with van der Waals surface area (Å²) in [5, 5.41) is 1.06. The van der Waals surface area contributed by atoms with E-state index in [1.165, 1.54) is 5.57 Å². The Morgan fingerprint density at radius 1 is 1.42 bits per heavy atom. The van der Waals surface area contributed by atoms with Gasteiger partial charge in [-0.15, -0.1) is 11.6 Å². The number of rotatable bonds is 7. The monoisotopic (exact) mass is 374 g/mol. The molecule has 0 spiro atoms. The van der Waals surface area contributed by atoms with Crippen molar-refractivity contribution in [1.29, 1.82) is 0 Å². The molecule has 1 atom stereocenters. The van der Waals surface area contributed by atoms with Crippen LogP contribution in [0.2, 0.25) is 0 Å². The van der Waals surface area contributed by atoms with Gasteiger partial charge in [0.1, 0.15) is 11.4 Å². The number of hydrogen-bond acceptors (Lipinski definition) is 4. The number of alkyl halides is 1. The molecule has 2 aromatic heterocycles. The first-order valence-electron chi connectivity index (χ1n) is 8.79. The lowest BCUT2D eigenvalue weighted by Crippen LogP contribution is -2.11. The number of allylic oxidation sites excluding steroid dienone is 4. The smallest absolute Gasteiger partial charge is 0.306 e. The standard InChI is InChI=1S/C20H23ClN2O3/c1-3-26-19(24)9-8-17-10-15-11-18(25-2)12-22-20(15)23(17)13-14-4-6-16(21)7-5-14/h4-6,10-12,16H,3,7-9,13H2,1-2H3. The zero-order chi connectivity index (χ0) is 18.5. The Balaban J connectivity index is 1.90. The Morgan fingerprint density at radius 3 is 2.96 bits per heavy atom. The second-order valence-electron chi connectivity index (χ2n) is 6.20. The topological polar surface area (TPSA) is 53.4 Å². The zero-order valence-electron chi connectivity index (χ0n) is 15.1. The van der Waals surface area contributed by atoms with Gasteiger partial charge >= 0.3 is 5.97 Å². The van der Waals surface area contributed by atoms with Crippen LogP contribution in [-0.2, 0) is 22.5 Å². The SMILES string of the molecule is CCOC(=O)CCc1cc2cc(OC)cnc2n1CC1=CCC(Cl)C=C1. The molecular formula is C20H23ClN2O3. The molecular weight excluding hydrogens is 352 g/mol. The second kappa shape index (κ2) is 8.41. The highest BCUT2D eigenvalue weighted by Crippen LogP contribution is 2.26. The summed E-state index contributed by atoms with van der Waals surface area (Å²) in [6, 6.07) is 4.04. The van der Waals surface area contributed by atoms with Crippen LogP contribution in [0.4, 0.5) is 0 Å². The van der Waals surface area contributed by atoms with E-state index in [-0.39, 0.29) is 11.3 Å². The molecule has 0 bridgehead atoms. The van der Waals surface area contributed by atoms with Gasteiger partial charge in [-0.05, 0) is 37.5 Å². The first kappa shape index (κ1) is 18.5. The van der Waals surface area contributed by atoms with Gasteiger partial charge < -0.3 is 14.0 Å². The van der Waals surface area contributed by atoms with Crippen LogP contribution in [0.5, 0.6) is 5.75 Å². The van der Waals surface area contributed by atoms with Gasteiger partial charge in [0, 0.05) is 17.6 Å².